The fraction of sp³-hybridized carbons (Fsp3) is 0.700. The van der Waals surface area contributed by atoms with E-state index in [0.717, 1.165) is 0 Å². The van der Waals surface area contributed by atoms with Crippen LogP contribution in [0.15, 0.2) is 4.99 Å². The van der Waals surface area contributed by atoms with E-state index in [9.17, 15) is 9.59 Å². The molecule has 1 saturated heterocycles. The fourth-order valence-electron chi connectivity index (χ4n) is 1.97. The number of rotatable bonds is 5. The van der Waals surface area contributed by atoms with Crippen molar-refractivity contribution < 1.29 is 9.59 Å². The van der Waals surface area contributed by atoms with Crippen LogP contribution >= 0.6 is 12.2 Å². The summed E-state index contributed by atoms with van der Waals surface area (Å²) in [7, 11) is 0. The highest BCUT2D eigenvalue weighted by Crippen LogP contribution is 2.21. The average molecular weight is 241 g/mol. The summed E-state index contributed by atoms with van der Waals surface area (Å²) < 4.78 is 0. The lowest BCUT2D eigenvalue weighted by Crippen LogP contribution is -2.45. The number of thiocarbonyl (C=S) groups is 1. The van der Waals surface area contributed by atoms with Gasteiger partial charge < -0.3 is 10.6 Å². The van der Waals surface area contributed by atoms with Crippen LogP contribution in [0.2, 0.25) is 0 Å². The fourth-order valence-corrected chi connectivity index (χ4v) is 2.05. The first-order chi connectivity index (χ1) is 7.60. The summed E-state index contributed by atoms with van der Waals surface area (Å²) in [4.78, 5) is 28.2. The monoisotopic (exact) mass is 241 g/mol. The first kappa shape index (κ1) is 12.8. The molecule has 1 aliphatic heterocycles. The molecule has 0 radical (unpaired) electrons. The molecule has 2 N–H and O–H groups in total. The number of primary amides is 1. The van der Waals surface area contributed by atoms with Gasteiger partial charge in [-0.15, -0.1) is 0 Å². The van der Waals surface area contributed by atoms with E-state index in [0.29, 0.717) is 25.9 Å². The van der Waals surface area contributed by atoms with Crippen molar-refractivity contribution in [3.63, 3.8) is 0 Å². The van der Waals surface area contributed by atoms with E-state index in [1.165, 1.54) is 0 Å². The predicted octanol–water partition coefficient (Wildman–Crippen LogP) is 0.202. The van der Waals surface area contributed by atoms with E-state index >= 15 is 0 Å². The van der Waals surface area contributed by atoms with Crippen molar-refractivity contribution in [2.75, 3.05) is 13.1 Å². The van der Waals surface area contributed by atoms with Crippen LogP contribution in [-0.4, -0.2) is 41.0 Å². The second-order valence-electron chi connectivity index (χ2n) is 3.87. The molecule has 0 spiro atoms. The number of amides is 2. The summed E-state index contributed by atoms with van der Waals surface area (Å²) >= 11 is 4.47. The summed E-state index contributed by atoms with van der Waals surface area (Å²) in [5.41, 5.74) is 5.25. The second-order valence-corrected chi connectivity index (χ2v) is 4.06. The molecule has 0 saturated carbocycles. The van der Waals surface area contributed by atoms with Crippen molar-refractivity contribution >= 4 is 29.2 Å². The van der Waals surface area contributed by atoms with Crippen LogP contribution in [0.25, 0.3) is 0 Å². The summed E-state index contributed by atoms with van der Waals surface area (Å²) in [6, 6.07) is -0.492. The molecule has 6 heteroatoms. The SMILES string of the molecule is CC[C@H](C(N)=O)N1C[C@@H](CN=C=S)CC1=O. The summed E-state index contributed by atoms with van der Waals surface area (Å²) in [5, 5.41) is 2.28. The Hall–Kier alpha value is -1.26. The van der Waals surface area contributed by atoms with Crippen LogP contribution in [0.5, 0.6) is 0 Å². The molecule has 1 aliphatic rings. The van der Waals surface area contributed by atoms with Crippen LogP contribution < -0.4 is 5.73 Å². The molecule has 0 unspecified atom stereocenters. The number of hydrogen-bond acceptors (Lipinski definition) is 4. The zero-order valence-corrected chi connectivity index (χ0v) is 10.00. The molecule has 2 atom stereocenters. The minimum atomic E-state index is -0.492. The zero-order chi connectivity index (χ0) is 12.1. The number of nitrogens with zero attached hydrogens (tertiary/aromatic N) is 2. The highest BCUT2D eigenvalue weighted by Gasteiger charge is 2.35. The maximum atomic E-state index is 11.7. The van der Waals surface area contributed by atoms with Crippen LogP contribution in [0.4, 0.5) is 0 Å². The molecule has 5 nitrogen and oxygen atoms in total. The molecule has 16 heavy (non-hydrogen) atoms. The van der Waals surface area contributed by atoms with Gasteiger partial charge in [0.1, 0.15) is 6.04 Å². The molecule has 0 bridgehead atoms. The molecule has 1 rings (SSSR count). The molecular formula is C10H15N3O2S. The smallest absolute Gasteiger partial charge is 0.240 e. The summed E-state index contributed by atoms with van der Waals surface area (Å²) in [6.07, 6.45) is 0.953. The van der Waals surface area contributed by atoms with Crippen LogP contribution in [-0.2, 0) is 9.59 Å². The molecule has 88 valence electrons. The van der Waals surface area contributed by atoms with Gasteiger partial charge >= 0.3 is 0 Å². The molecule has 2 amide bonds. The van der Waals surface area contributed by atoms with Gasteiger partial charge in [0.15, 0.2) is 0 Å². The lowest BCUT2D eigenvalue weighted by Gasteiger charge is -2.24. The summed E-state index contributed by atoms with van der Waals surface area (Å²) in [5.74, 6) is -0.360. The largest absolute Gasteiger partial charge is 0.368 e. The number of likely N-dealkylation sites (tertiary alicyclic amines) is 1. The van der Waals surface area contributed by atoms with Gasteiger partial charge in [-0.1, -0.05) is 6.92 Å². The number of nitrogens with two attached hydrogens (primary N) is 1. The highest BCUT2D eigenvalue weighted by atomic mass is 32.1. The third-order valence-corrected chi connectivity index (χ3v) is 2.87. The third kappa shape index (κ3) is 2.87. The van der Waals surface area contributed by atoms with E-state index < -0.39 is 11.9 Å². The van der Waals surface area contributed by atoms with Crippen LogP contribution in [0.1, 0.15) is 19.8 Å². The number of aliphatic imine (C=N–C) groups is 1. The van der Waals surface area contributed by atoms with Crippen molar-refractivity contribution in [3.8, 4) is 0 Å². The van der Waals surface area contributed by atoms with Crippen LogP contribution in [0, 0.1) is 5.92 Å². The van der Waals surface area contributed by atoms with Gasteiger partial charge in [-0.3, -0.25) is 9.59 Å². The maximum Gasteiger partial charge on any atom is 0.240 e. The quantitative estimate of drug-likeness (QED) is 0.552. The first-order valence-corrected chi connectivity index (χ1v) is 5.63. The lowest BCUT2D eigenvalue weighted by atomic mass is 10.1. The lowest BCUT2D eigenvalue weighted by molar-refractivity contribution is -0.136. The average Bonchev–Trinajstić information content (AvgIpc) is 2.58. The van der Waals surface area contributed by atoms with E-state index in [-0.39, 0.29) is 11.8 Å². The topological polar surface area (TPSA) is 75.8 Å². The molecule has 0 aliphatic carbocycles. The van der Waals surface area contributed by atoms with Gasteiger partial charge in [0.25, 0.3) is 0 Å². The summed E-state index contributed by atoms with van der Waals surface area (Å²) in [6.45, 7) is 2.85. The van der Waals surface area contributed by atoms with Gasteiger partial charge in [-0.25, -0.2) is 4.99 Å². The van der Waals surface area contributed by atoms with Crippen molar-refractivity contribution in [1.29, 1.82) is 0 Å². The van der Waals surface area contributed by atoms with Gasteiger partial charge in [0.2, 0.25) is 11.8 Å². The highest BCUT2D eigenvalue weighted by molar-refractivity contribution is 7.78. The third-order valence-electron chi connectivity index (χ3n) is 2.74. The normalized spacial score (nSPS) is 21.7. The standard InChI is InChI=1S/C10H15N3O2S/c1-2-8(10(11)15)13-5-7(3-9(13)14)4-12-6-16/h7-8H,2-5H2,1H3,(H2,11,15)/t7-,8-/m1/s1. The van der Waals surface area contributed by atoms with Crippen molar-refractivity contribution in [1.82, 2.24) is 4.90 Å². The molecular weight excluding hydrogens is 226 g/mol. The Labute approximate surface area is 99.7 Å². The maximum absolute atomic E-state index is 11.7. The molecule has 1 fully saturated rings. The molecule has 1 heterocycles. The zero-order valence-electron chi connectivity index (χ0n) is 9.18. The second kappa shape index (κ2) is 5.72. The van der Waals surface area contributed by atoms with E-state index in [4.69, 9.17) is 5.73 Å². The van der Waals surface area contributed by atoms with Gasteiger partial charge in [0.05, 0.1) is 11.7 Å². The Kier molecular flexibility index (Phi) is 4.58. The van der Waals surface area contributed by atoms with E-state index in [1.54, 1.807) is 4.90 Å². The molecule has 0 aromatic rings. The predicted molar refractivity (Wildman–Crippen MR) is 63.0 cm³/mol. The minimum absolute atomic E-state index is 0.0322. The van der Waals surface area contributed by atoms with Gasteiger partial charge in [0, 0.05) is 18.9 Å². The first-order valence-electron chi connectivity index (χ1n) is 5.22. The number of hydrogen-bond donors (Lipinski definition) is 1. The Bertz CT molecular complexity index is 339. The van der Waals surface area contributed by atoms with Crippen molar-refractivity contribution in [2.24, 2.45) is 16.6 Å². The van der Waals surface area contributed by atoms with E-state index in [2.05, 4.69) is 22.4 Å². The number of carbonyl (C=O) groups excluding carboxylic acids is 2. The van der Waals surface area contributed by atoms with Crippen molar-refractivity contribution in [3.05, 3.63) is 0 Å². The number of carbonyl (C=O) groups is 2. The minimum Gasteiger partial charge on any atom is -0.368 e. The Balaban J connectivity index is 2.66. The Morgan fingerprint density at radius 2 is 2.50 bits per heavy atom. The van der Waals surface area contributed by atoms with Gasteiger partial charge in [-0.2, -0.15) is 0 Å². The van der Waals surface area contributed by atoms with Crippen LogP contribution in [0.3, 0.4) is 0 Å². The molecule has 0 aromatic heterocycles. The Morgan fingerprint density at radius 3 is 3.00 bits per heavy atom. The van der Waals surface area contributed by atoms with Gasteiger partial charge in [-0.05, 0) is 18.6 Å². The number of isothiocyanates is 1. The Morgan fingerprint density at radius 1 is 1.81 bits per heavy atom. The van der Waals surface area contributed by atoms with E-state index in [1.807, 2.05) is 6.92 Å². The molecule has 0 aromatic carbocycles. The van der Waals surface area contributed by atoms with Crippen molar-refractivity contribution in [2.45, 2.75) is 25.8 Å².